The van der Waals surface area contributed by atoms with Gasteiger partial charge in [-0.3, -0.25) is 14.6 Å². The van der Waals surface area contributed by atoms with E-state index < -0.39 is 6.04 Å². The topological polar surface area (TPSA) is 136 Å². The van der Waals surface area contributed by atoms with Gasteiger partial charge in [0.25, 0.3) is 0 Å². The monoisotopic (exact) mass is 548 g/mol. The highest BCUT2D eigenvalue weighted by Crippen LogP contribution is 2.23. The summed E-state index contributed by atoms with van der Waals surface area (Å²) < 4.78 is 12.7. The van der Waals surface area contributed by atoms with E-state index in [9.17, 15) is 9.59 Å². The van der Waals surface area contributed by atoms with Crippen LogP contribution in [0, 0.1) is 0 Å². The van der Waals surface area contributed by atoms with Gasteiger partial charge in [-0.25, -0.2) is 0 Å². The van der Waals surface area contributed by atoms with Crippen molar-refractivity contribution in [1.82, 2.24) is 29.5 Å². The summed E-state index contributed by atoms with van der Waals surface area (Å²) in [6.07, 6.45) is 8.43. The molecule has 12 nitrogen and oxygen atoms in total. The van der Waals surface area contributed by atoms with Crippen LogP contribution >= 0.6 is 0 Å². The number of amides is 1. The number of carbonyl (C=O) groups is 2. The van der Waals surface area contributed by atoms with E-state index in [0.717, 1.165) is 48.4 Å². The second-order valence-electron chi connectivity index (χ2n) is 10.4. The van der Waals surface area contributed by atoms with Crippen molar-refractivity contribution in [1.29, 1.82) is 0 Å². The predicted octanol–water partition coefficient (Wildman–Crippen LogP) is 2.37. The number of pyridine rings is 1. The molecule has 0 saturated carbocycles. The highest BCUT2D eigenvalue weighted by atomic mass is 16.5. The fourth-order valence-electron chi connectivity index (χ4n) is 4.99. The zero-order valence-electron chi connectivity index (χ0n) is 23.0. The number of ether oxygens (including phenoxy) is 2. The highest BCUT2D eigenvalue weighted by Gasteiger charge is 2.31. The van der Waals surface area contributed by atoms with Gasteiger partial charge in [-0.2, -0.15) is 19.6 Å². The number of nitrogens with one attached hydrogen (secondary N) is 2. The van der Waals surface area contributed by atoms with Crippen LogP contribution in [0.3, 0.4) is 0 Å². The molecule has 0 aliphatic carbocycles. The van der Waals surface area contributed by atoms with Crippen molar-refractivity contribution >= 4 is 29.2 Å². The molecule has 1 amide bonds. The number of nitrogens with zero attached hydrogens (tertiary/aromatic N) is 6. The van der Waals surface area contributed by atoms with Gasteiger partial charge >= 0.3 is 0 Å². The molecule has 2 fully saturated rings. The summed E-state index contributed by atoms with van der Waals surface area (Å²) >= 11 is 0. The second-order valence-corrected chi connectivity index (χ2v) is 10.4. The number of hydrogen-bond acceptors (Lipinski definition) is 10. The van der Waals surface area contributed by atoms with E-state index in [0.29, 0.717) is 31.6 Å². The molecule has 1 unspecified atom stereocenters. The summed E-state index contributed by atoms with van der Waals surface area (Å²) in [4.78, 5) is 40.7. The molecule has 3 aromatic heterocycles. The lowest BCUT2D eigenvalue weighted by molar-refractivity contribution is -0.143. The van der Waals surface area contributed by atoms with Crippen LogP contribution in [0.2, 0.25) is 0 Å². The van der Waals surface area contributed by atoms with Gasteiger partial charge in [-0.1, -0.05) is 26.5 Å². The number of hydrogen-bond donors (Lipinski definition) is 2. The SMILES string of the molecule is C=CC(=O)N1CCOCC1C(=O)Cc1cncc(CNc2nc(NC3CCOCC3)nc3c(C(C)C)cnn23)c1. The average molecular weight is 549 g/mol. The third-order valence-electron chi connectivity index (χ3n) is 7.21. The van der Waals surface area contributed by atoms with Crippen molar-refractivity contribution in [2.75, 3.05) is 43.6 Å². The molecule has 2 saturated heterocycles. The van der Waals surface area contributed by atoms with Crippen LogP contribution in [0.25, 0.3) is 5.65 Å². The Morgan fingerprint density at radius 2 is 1.93 bits per heavy atom. The van der Waals surface area contributed by atoms with Gasteiger partial charge in [0.15, 0.2) is 11.4 Å². The number of rotatable bonds is 10. The first kappa shape index (κ1) is 27.7. The number of fused-ring (bicyclic) bond motifs is 1. The van der Waals surface area contributed by atoms with Crippen molar-refractivity contribution in [3.63, 3.8) is 0 Å². The minimum atomic E-state index is -0.632. The van der Waals surface area contributed by atoms with Crippen LogP contribution in [-0.4, -0.2) is 86.2 Å². The number of anilines is 2. The third-order valence-corrected chi connectivity index (χ3v) is 7.21. The molecule has 0 radical (unpaired) electrons. The van der Waals surface area contributed by atoms with Crippen LogP contribution in [-0.2, 0) is 32.0 Å². The lowest BCUT2D eigenvalue weighted by Gasteiger charge is -2.33. The zero-order chi connectivity index (χ0) is 28.1. The molecule has 0 aromatic carbocycles. The van der Waals surface area contributed by atoms with Gasteiger partial charge in [0.1, 0.15) is 6.04 Å². The van der Waals surface area contributed by atoms with E-state index in [1.807, 2.05) is 12.3 Å². The Morgan fingerprint density at radius 1 is 1.12 bits per heavy atom. The summed E-state index contributed by atoms with van der Waals surface area (Å²) in [7, 11) is 0. The van der Waals surface area contributed by atoms with Gasteiger partial charge in [0, 0.05) is 56.7 Å². The lowest BCUT2D eigenvalue weighted by Crippen LogP contribution is -2.52. The lowest BCUT2D eigenvalue weighted by atomic mass is 10.0. The van der Waals surface area contributed by atoms with E-state index >= 15 is 0 Å². The second kappa shape index (κ2) is 12.5. The standard InChI is InChI=1S/C28H36N8O4/c1-4-25(38)35-7-10-40-17-23(35)24(37)12-19-11-20(14-29-13-19)15-30-28-34-27(32-21-5-8-39-9-6-21)33-26-22(18(2)3)16-31-36(26)28/h4,11,13-14,16,18,21,23H,1,5-10,12,15,17H2,2-3H3,(H2,30,32,33,34). The van der Waals surface area contributed by atoms with Crippen molar-refractivity contribution in [2.45, 2.75) is 57.7 Å². The molecule has 2 aliphatic rings. The first-order valence-electron chi connectivity index (χ1n) is 13.7. The molecular weight excluding hydrogens is 512 g/mol. The zero-order valence-corrected chi connectivity index (χ0v) is 23.0. The maximum absolute atomic E-state index is 13.1. The van der Waals surface area contributed by atoms with E-state index in [-0.39, 0.29) is 36.7 Å². The molecule has 1 atom stereocenters. The van der Waals surface area contributed by atoms with Gasteiger partial charge in [-0.15, -0.1) is 0 Å². The predicted molar refractivity (Wildman–Crippen MR) is 149 cm³/mol. The summed E-state index contributed by atoms with van der Waals surface area (Å²) in [5, 5.41) is 11.4. The van der Waals surface area contributed by atoms with Crippen LogP contribution in [0.15, 0.2) is 37.3 Å². The van der Waals surface area contributed by atoms with Crippen molar-refractivity contribution in [3.05, 3.63) is 54.0 Å². The van der Waals surface area contributed by atoms with Crippen LogP contribution < -0.4 is 10.6 Å². The molecule has 0 bridgehead atoms. The van der Waals surface area contributed by atoms with Gasteiger partial charge in [0.2, 0.25) is 17.8 Å². The minimum Gasteiger partial charge on any atom is -0.381 e. The van der Waals surface area contributed by atoms with Crippen LogP contribution in [0.5, 0.6) is 0 Å². The van der Waals surface area contributed by atoms with Gasteiger partial charge in [0.05, 0.1) is 19.4 Å². The Balaban J connectivity index is 1.31. The Bertz CT molecular complexity index is 1370. The van der Waals surface area contributed by atoms with Gasteiger partial charge in [-0.05, 0) is 36.0 Å². The number of aromatic nitrogens is 5. The van der Waals surface area contributed by atoms with E-state index in [1.54, 1.807) is 16.9 Å². The smallest absolute Gasteiger partial charge is 0.246 e. The molecule has 3 aromatic rings. The molecule has 40 heavy (non-hydrogen) atoms. The third kappa shape index (κ3) is 6.28. The fourth-order valence-corrected chi connectivity index (χ4v) is 4.99. The summed E-state index contributed by atoms with van der Waals surface area (Å²) in [5.41, 5.74) is 3.44. The quantitative estimate of drug-likeness (QED) is 0.364. The molecule has 2 aliphatic heterocycles. The first-order chi connectivity index (χ1) is 19.4. The normalized spacial score (nSPS) is 18.2. The van der Waals surface area contributed by atoms with E-state index in [1.165, 1.54) is 11.0 Å². The summed E-state index contributed by atoms with van der Waals surface area (Å²) in [6, 6.07) is 1.55. The fraction of sp³-hybridized carbons (Fsp3) is 0.500. The molecule has 2 N–H and O–H groups in total. The Morgan fingerprint density at radius 3 is 2.70 bits per heavy atom. The molecule has 5 heterocycles. The molecule has 212 valence electrons. The van der Waals surface area contributed by atoms with Crippen molar-refractivity contribution in [2.24, 2.45) is 0 Å². The average Bonchev–Trinajstić information content (AvgIpc) is 3.41. The Kier molecular flexibility index (Phi) is 8.66. The number of morpholine rings is 1. The number of carbonyl (C=O) groups excluding carboxylic acids is 2. The van der Waals surface area contributed by atoms with Gasteiger partial charge < -0.3 is 25.0 Å². The van der Waals surface area contributed by atoms with E-state index in [2.05, 4.69) is 41.1 Å². The molecule has 0 spiro atoms. The first-order valence-corrected chi connectivity index (χ1v) is 13.7. The van der Waals surface area contributed by atoms with Crippen LogP contribution in [0.4, 0.5) is 11.9 Å². The largest absolute Gasteiger partial charge is 0.381 e. The summed E-state index contributed by atoms with van der Waals surface area (Å²) in [5.74, 6) is 1.00. The van der Waals surface area contributed by atoms with E-state index in [4.69, 9.17) is 19.4 Å². The number of ketones is 1. The molecular formula is C28H36N8O4. The minimum absolute atomic E-state index is 0.0964. The highest BCUT2D eigenvalue weighted by molar-refractivity contribution is 5.94. The Hall–Kier alpha value is -3.90. The number of Topliss-reactive ketones (excluding diaryl/α,β-unsaturated/α-hetero) is 1. The maximum Gasteiger partial charge on any atom is 0.246 e. The van der Waals surface area contributed by atoms with Crippen LogP contribution in [0.1, 0.15) is 49.3 Å². The Labute approximate surface area is 233 Å². The molecule has 5 rings (SSSR count). The summed E-state index contributed by atoms with van der Waals surface area (Å²) in [6.45, 7) is 10.6. The van der Waals surface area contributed by atoms with Crippen molar-refractivity contribution < 1.29 is 19.1 Å². The molecule has 12 heteroatoms. The maximum atomic E-state index is 13.1. The van der Waals surface area contributed by atoms with Crippen molar-refractivity contribution in [3.8, 4) is 0 Å².